The van der Waals surface area contributed by atoms with E-state index < -0.39 is 11.2 Å². The second-order valence-corrected chi connectivity index (χ2v) is 2.58. The lowest BCUT2D eigenvalue weighted by Crippen LogP contribution is -2.29. The highest BCUT2D eigenvalue weighted by molar-refractivity contribution is 4.81. The fraction of sp³-hybridized carbons (Fsp3) is 0.429. The molecule has 0 saturated heterocycles. The van der Waals surface area contributed by atoms with E-state index in [1.807, 2.05) is 0 Å². The maximum absolute atomic E-state index is 11.1. The SMILES string of the molecule is N=[N+]=NCCOCn1ccc(=O)[nH]c1=O. The topological polar surface area (TPSA) is 114 Å². The monoisotopic (exact) mass is 212 g/mol. The summed E-state index contributed by atoms with van der Waals surface area (Å²) in [6.07, 6.45) is 1.34. The molecule has 0 atom stereocenters. The first-order chi connectivity index (χ1) is 7.24. The van der Waals surface area contributed by atoms with Gasteiger partial charge in [0.25, 0.3) is 5.56 Å². The molecule has 0 aliphatic rings. The number of ether oxygens (including phenoxy) is 1. The lowest BCUT2D eigenvalue weighted by Gasteiger charge is -2.03. The Morgan fingerprint density at radius 2 is 2.40 bits per heavy atom. The van der Waals surface area contributed by atoms with Gasteiger partial charge in [-0.15, -0.1) is 0 Å². The highest BCUT2D eigenvalue weighted by atomic mass is 16.5. The van der Waals surface area contributed by atoms with Crippen molar-refractivity contribution in [3.05, 3.63) is 33.1 Å². The van der Waals surface area contributed by atoms with Gasteiger partial charge in [-0.2, -0.15) is 0 Å². The summed E-state index contributed by atoms with van der Waals surface area (Å²) in [6.45, 7) is 0.554. The van der Waals surface area contributed by atoms with Crippen LogP contribution in [0.4, 0.5) is 0 Å². The van der Waals surface area contributed by atoms with E-state index in [1.54, 1.807) is 0 Å². The van der Waals surface area contributed by atoms with E-state index in [2.05, 4.69) is 15.0 Å². The van der Waals surface area contributed by atoms with Crippen molar-refractivity contribution in [3.8, 4) is 0 Å². The molecule has 0 bridgehead atoms. The van der Waals surface area contributed by atoms with Gasteiger partial charge in [0.05, 0.1) is 6.61 Å². The van der Waals surface area contributed by atoms with E-state index in [0.29, 0.717) is 0 Å². The molecule has 8 nitrogen and oxygen atoms in total. The molecule has 0 unspecified atom stereocenters. The average molecular weight is 212 g/mol. The molecule has 0 fully saturated rings. The van der Waals surface area contributed by atoms with Gasteiger partial charge in [0, 0.05) is 12.3 Å². The number of H-pyrrole nitrogens is 1. The van der Waals surface area contributed by atoms with Crippen LogP contribution in [0.25, 0.3) is 0 Å². The standard InChI is InChI=1S/C7H9N5O3/c8-11-9-2-4-15-5-12-3-1-6(13)10-7(12)14/h1,3,8H,2,4-5H2/p+1. The van der Waals surface area contributed by atoms with E-state index in [4.69, 9.17) is 10.3 Å². The predicted molar refractivity (Wildman–Crippen MR) is 49.4 cm³/mol. The van der Waals surface area contributed by atoms with E-state index in [9.17, 15) is 9.59 Å². The van der Waals surface area contributed by atoms with Gasteiger partial charge >= 0.3 is 5.69 Å². The van der Waals surface area contributed by atoms with Gasteiger partial charge in [-0.3, -0.25) is 14.3 Å². The summed E-state index contributed by atoms with van der Waals surface area (Å²) in [7, 11) is 0. The Bertz CT molecular complexity index is 470. The van der Waals surface area contributed by atoms with Crippen LogP contribution < -0.4 is 16.2 Å². The summed E-state index contributed by atoms with van der Waals surface area (Å²) in [5.41, 5.74) is 5.40. The van der Waals surface area contributed by atoms with Crippen molar-refractivity contribution < 1.29 is 4.74 Å². The second-order valence-electron chi connectivity index (χ2n) is 2.58. The predicted octanol–water partition coefficient (Wildman–Crippen LogP) is -0.939. The Morgan fingerprint density at radius 3 is 3.07 bits per heavy atom. The molecule has 0 amide bonds. The maximum atomic E-state index is 11.1. The summed E-state index contributed by atoms with van der Waals surface area (Å²) in [6, 6.07) is 1.23. The lowest BCUT2D eigenvalue weighted by molar-refractivity contribution is 0.0790. The van der Waals surface area contributed by atoms with Crippen LogP contribution in [0, 0.1) is 5.53 Å². The van der Waals surface area contributed by atoms with Crippen molar-refractivity contribution in [1.29, 1.82) is 5.53 Å². The molecule has 1 heterocycles. The zero-order valence-electron chi connectivity index (χ0n) is 7.84. The number of nitrogens with zero attached hydrogens (tertiary/aromatic N) is 3. The molecule has 0 saturated carbocycles. The number of hydrogen-bond acceptors (Lipinski definition) is 5. The summed E-state index contributed by atoms with van der Waals surface area (Å²) >= 11 is 0. The Hall–Kier alpha value is -2.05. The van der Waals surface area contributed by atoms with Crippen LogP contribution in [0.1, 0.15) is 0 Å². The molecule has 0 aliphatic heterocycles. The minimum absolute atomic E-state index is 0.0309. The second kappa shape index (κ2) is 5.63. The van der Waals surface area contributed by atoms with E-state index >= 15 is 0 Å². The summed E-state index contributed by atoms with van der Waals surface area (Å²) in [4.78, 5) is 26.7. The highest BCUT2D eigenvalue weighted by Crippen LogP contribution is 1.80. The molecule has 15 heavy (non-hydrogen) atoms. The molecular formula is C7H10N5O3+. The van der Waals surface area contributed by atoms with Crippen LogP contribution in [-0.2, 0) is 11.5 Å². The summed E-state index contributed by atoms with van der Waals surface area (Å²) in [5.74, 6) is 0. The van der Waals surface area contributed by atoms with Crippen molar-refractivity contribution in [2.75, 3.05) is 13.2 Å². The first-order valence-electron chi connectivity index (χ1n) is 4.15. The number of aromatic nitrogens is 2. The van der Waals surface area contributed by atoms with Gasteiger partial charge in [-0.05, 0) is 0 Å². The summed E-state index contributed by atoms with van der Waals surface area (Å²) < 4.78 is 6.25. The molecule has 8 heteroatoms. The van der Waals surface area contributed by atoms with Crippen LogP contribution in [0.15, 0.2) is 27.0 Å². The van der Waals surface area contributed by atoms with Gasteiger partial charge < -0.3 is 4.74 Å². The van der Waals surface area contributed by atoms with Gasteiger partial charge in [0.15, 0.2) is 0 Å². The van der Waals surface area contributed by atoms with Crippen LogP contribution in [-0.4, -0.2) is 22.7 Å². The zero-order valence-corrected chi connectivity index (χ0v) is 7.84. The van der Waals surface area contributed by atoms with Crippen molar-refractivity contribution in [3.63, 3.8) is 0 Å². The van der Waals surface area contributed by atoms with Crippen LogP contribution in [0.5, 0.6) is 0 Å². The molecule has 1 rings (SSSR count). The Labute approximate surface area is 83.7 Å². The fourth-order valence-electron chi connectivity index (χ4n) is 0.864. The third kappa shape index (κ3) is 3.67. The van der Waals surface area contributed by atoms with Crippen molar-refractivity contribution in [1.82, 2.24) is 14.5 Å². The molecule has 2 N–H and O–H groups in total. The molecule has 1 aromatic heterocycles. The fourth-order valence-corrected chi connectivity index (χ4v) is 0.864. The number of rotatable bonds is 5. The molecule has 0 aromatic carbocycles. The minimum Gasteiger partial charge on any atom is -0.358 e. The highest BCUT2D eigenvalue weighted by Gasteiger charge is 1.96. The smallest absolute Gasteiger partial charge is 0.330 e. The number of nitrogens with one attached hydrogen (secondary N) is 2. The van der Waals surface area contributed by atoms with Gasteiger partial charge in [0.1, 0.15) is 23.9 Å². The van der Waals surface area contributed by atoms with Crippen LogP contribution >= 0.6 is 0 Å². The van der Waals surface area contributed by atoms with E-state index in [-0.39, 0.29) is 19.9 Å². The van der Waals surface area contributed by atoms with Crippen LogP contribution in [0.3, 0.4) is 0 Å². The Balaban J connectivity index is 2.47. The molecule has 0 spiro atoms. The third-order valence-corrected chi connectivity index (χ3v) is 1.53. The quantitative estimate of drug-likeness (QED) is 0.373. The van der Waals surface area contributed by atoms with Crippen LogP contribution in [0.2, 0.25) is 0 Å². The minimum atomic E-state index is -0.524. The lowest BCUT2D eigenvalue weighted by atomic mass is 10.6. The van der Waals surface area contributed by atoms with Crippen molar-refractivity contribution in [2.24, 2.45) is 5.11 Å². The van der Waals surface area contributed by atoms with Crippen molar-refractivity contribution >= 4 is 0 Å². The maximum Gasteiger partial charge on any atom is 0.330 e. The summed E-state index contributed by atoms with van der Waals surface area (Å²) in [5, 5.41) is 3.36. The number of aromatic amines is 1. The zero-order chi connectivity index (χ0) is 11.1. The van der Waals surface area contributed by atoms with Crippen molar-refractivity contribution in [2.45, 2.75) is 6.73 Å². The Morgan fingerprint density at radius 1 is 1.60 bits per heavy atom. The third-order valence-electron chi connectivity index (χ3n) is 1.53. The van der Waals surface area contributed by atoms with Gasteiger partial charge in [-0.1, -0.05) is 0 Å². The largest absolute Gasteiger partial charge is 0.358 e. The molecule has 0 radical (unpaired) electrons. The average Bonchev–Trinajstić information content (AvgIpc) is 2.20. The van der Waals surface area contributed by atoms with Gasteiger partial charge in [0.2, 0.25) is 4.91 Å². The number of hydrogen-bond donors (Lipinski definition) is 2. The van der Waals surface area contributed by atoms with E-state index in [0.717, 1.165) is 0 Å². The molecule has 80 valence electrons. The Kier molecular flexibility index (Phi) is 4.14. The normalized spacial score (nSPS) is 9.60. The van der Waals surface area contributed by atoms with Gasteiger partial charge in [-0.25, -0.2) is 4.79 Å². The molecule has 0 aliphatic carbocycles. The first-order valence-corrected chi connectivity index (χ1v) is 4.15. The first kappa shape index (κ1) is 11.0. The van der Waals surface area contributed by atoms with E-state index in [1.165, 1.54) is 16.8 Å². The molecule has 1 aromatic rings. The molecular weight excluding hydrogens is 202 g/mol.